The maximum atomic E-state index is 14.7. The van der Waals surface area contributed by atoms with Gasteiger partial charge >= 0.3 is 0 Å². The number of hydrogen-bond donors (Lipinski definition) is 2. The fraction of sp³-hybridized carbons (Fsp3) is 0.458. The van der Waals surface area contributed by atoms with E-state index in [1.807, 2.05) is 13.0 Å². The van der Waals surface area contributed by atoms with E-state index >= 15 is 0 Å². The molecule has 2 aliphatic rings. The third-order valence-corrected chi connectivity index (χ3v) is 6.61. The largest absolute Gasteiger partial charge is 0.378 e. The molecule has 2 fully saturated rings. The summed E-state index contributed by atoms with van der Waals surface area (Å²) in [6.07, 6.45) is 3.60. The molecule has 8 nitrogen and oxygen atoms in total. The minimum Gasteiger partial charge on any atom is -0.378 e. The number of carbonyl (C=O) groups excluding carboxylic acids is 1. The van der Waals surface area contributed by atoms with Crippen LogP contribution in [0.5, 0.6) is 0 Å². The number of amides is 1. The van der Waals surface area contributed by atoms with Crippen molar-refractivity contribution in [1.29, 1.82) is 0 Å². The summed E-state index contributed by atoms with van der Waals surface area (Å²) < 4.78 is 21.7. The molecular weight excluding hydrogens is 425 g/mol. The molecule has 1 aliphatic heterocycles. The first kappa shape index (κ1) is 21.6. The lowest BCUT2D eigenvalue weighted by Crippen LogP contribution is -2.40. The molecular formula is C24H28FN5O3. The number of aromatic nitrogens is 3. The molecule has 2 N–H and O–H groups in total. The highest BCUT2D eigenvalue weighted by molar-refractivity contribution is 5.96. The number of H-pyrrole nitrogens is 1. The lowest BCUT2D eigenvalue weighted by Gasteiger charge is -2.27. The number of aromatic amines is 1. The highest BCUT2D eigenvalue weighted by Gasteiger charge is 2.30. The highest BCUT2D eigenvalue weighted by Crippen LogP contribution is 2.35. The average Bonchev–Trinajstić information content (AvgIpc) is 3.19. The second kappa shape index (κ2) is 8.97. The van der Waals surface area contributed by atoms with Crippen molar-refractivity contribution < 1.29 is 13.9 Å². The van der Waals surface area contributed by atoms with Crippen molar-refractivity contribution in [2.24, 2.45) is 0 Å². The summed E-state index contributed by atoms with van der Waals surface area (Å²) in [4.78, 5) is 30.0. The van der Waals surface area contributed by atoms with E-state index in [0.29, 0.717) is 67.1 Å². The minimum absolute atomic E-state index is 0.0141. The van der Waals surface area contributed by atoms with Crippen molar-refractivity contribution in [3.8, 4) is 0 Å². The number of rotatable bonds is 4. The van der Waals surface area contributed by atoms with Crippen molar-refractivity contribution in [2.45, 2.75) is 44.8 Å². The van der Waals surface area contributed by atoms with Crippen molar-refractivity contribution in [2.75, 3.05) is 31.6 Å². The first-order valence-electron chi connectivity index (χ1n) is 11.5. The van der Waals surface area contributed by atoms with E-state index in [-0.39, 0.29) is 17.5 Å². The van der Waals surface area contributed by atoms with Crippen molar-refractivity contribution in [3.05, 3.63) is 51.9 Å². The highest BCUT2D eigenvalue weighted by atomic mass is 19.1. The number of carbonyl (C=O) groups is 1. The molecule has 33 heavy (non-hydrogen) atoms. The zero-order valence-electron chi connectivity index (χ0n) is 18.6. The predicted molar refractivity (Wildman–Crippen MR) is 124 cm³/mol. The van der Waals surface area contributed by atoms with Crippen LogP contribution in [0.25, 0.3) is 10.9 Å². The van der Waals surface area contributed by atoms with Gasteiger partial charge in [0, 0.05) is 30.5 Å². The van der Waals surface area contributed by atoms with Crippen LogP contribution in [0.3, 0.4) is 0 Å². The molecule has 3 aromatic rings. The Hall–Kier alpha value is -3.20. The van der Waals surface area contributed by atoms with Gasteiger partial charge in [0.05, 0.1) is 24.8 Å². The van der Waals surface area contributed by atoms with E-state index < -0.39 is 6.17 Å². The number of fused-ring (bicyclic) bond motifs is 1. The zero-order chi connectivity index (χ0) is 22.9. The molecule has 2 atom stereocenters. The van der Waals surface area contributed by atoms with Gasteiger partial charge in [0.1, 0.15) is 11.6 Å². The molecule has 1 saturated heterocycles. The Morgan fingerprint density at radius 2 is 2.00 bits per heavy atom. The van der Waals surface area contributed by atoms with E-state index in [9.17, 15) is 14.0 Å². The number of benzene rings is 1. The van der Waals surface area contributed by atoms with Gasteiger partial charge in [-0.05, 0) is 49.6 Å². The molecule has 1 amide bonds. The number of aryl methyl sites for hydroxylation is 1. The van der Waals surface area contributed by atoms with Crippen LogP contribution < -0.4 is 10.9 Å². The second-order valence-corrected chi connectivity index (χ2v) is 8.79. The van der Waals surface area contributed by atoms with Gasteiger partial charge in [0.25, 0.3) is 11.5 Å². The molecule has 2 unspecified atom stereocenters. The van der Waals surface area contributed by atoms with Crippen LogP contribution in [0, 0.1) is 6.92 Å². The topological polar surface area (TPSA) is 92.2 Å². The van der Waals surface area contributed by atoms with Crippen LogP contribution in [0.2, 0.25) is 0 Å². The molecule has 2 aromatic heterocycles. The summed E-state index contributed by atoms with van der Waals surface area (Å²) in [6, 6.07) is 6.85. The normalized spacial score (nSPS) is 21.3. The van der Waals surface area contributed by atoms with E-state index in [0.717, 1.165) is 18.4 Å². The summed E-state index contributed by atoms with van der Waals surface area (Å²) >= 11 is 0. The maximum Gasteiger partial charge on any atom is 0.261 e. The smallest absolute Gasteiger partial charge is 0.261 e. The lowest BCUT2D eigenvalue weighted by molar-refractivity contribution is 0.0302. The van der Waals surface area contributed by atoms with E-state index in [1.165, 1.54) is 0 Å². The average molecular weight is 454 g/mol. The number of alkyl halides is 1. The van der Waals surface area contributed by atoms with Gasteiger partial charge in [0.2, 0.25) is 0 Å². The predicted octanol–water partition coefficient (Wildman–Crippen LogP) is 3.70. The molecule has 1 aliphatic carbocycles. The Morgan fingerprint density at radius 1 is 1.21 bits per heavy atom. The Balaban J connectivity index is 1.46. The second-order valence-electron chi connectivity index (χ2n) is 8.79. The van der Waals surface area contributed by atoms with Gasteiger partial charge in [-0.15, -0.1) is 0 Å². The number of nitrogens with one attached hydrogen (secondary N) is 2. The number of halogens is 1. The quantitative estimate of drug-likeness (QED) is 0.629. The minimum atomic E-state index is -0.985. The molecule has 0 radical (unpaired) electrons. The van der Waals surface area contributed by atoms with Gasteiger partial charge in [-0.2, -0.15) is 5.10 Å². The van der Waals surface area contributed by atoms with Gasteiger partial charge in [-0.1, -0.05) is 12.8 Å². The molecule has 1 saturated carbocycles. The number of pyridine rings is 1. The Labute approximate surface area is 190 Å². The van der Waals surface area contributed by atoms with Crippen LogP contribution in [0.15, 0.2) is 35.3 Å². The number of morpholine rings is 1. The van der Waals surface area contributed by atoms with Gasteiger partial charge in [-0.3, -0.25) is 14.3 Å². The number of anilines is 2. The summed E-state index contributed by atoms with van der Waals surface area (Å²) in [5, 5.41) is 8.27. The number of nitrogens with zero attached hydrogens (tertiary/aromatic N) is 3. The van der Waals surface area contributed by atoms with Gasteiger partial charge < -0.3 is 19.9 Å². The molecule has 0 bridgehead atoms. The van der Waals surface area contributed by atoms with E-state index in [2.05, 4.69) is 15.4 Å². The van der Waals surface area contributed by atoms with Crippen LogP contribution >= 0.6 is 0 Å². The van der Waals surface area contributed by atoms with Crippen LogP contribution in [-0.2, 0) is 4.74 Å². The first-order chi connectivity index (χ1) is 16.0. The van der Waals surface area contributed by atoms with Gasteiger partial charge in [-0.25, -0.2) is 4.39 Å². The fourth-order valence-corrected chi connectivity index (χ4v) is 4.84. The molecule has 0 spiro atoms. The third kappa shape index (κ3) is 4.13. The molecule has 1 aromatic carbocycles. The molecule has 5 rings (SSSR count). The maximum absolute atomic E-state index is 14.7. The number of hydrogen-bond acceptors (Lipinski definition) is 5. The van der Waals surface area contributed by atoms with Crippen LogP contribution in [0.1, 0.15) is 47.6 Å². The fourth-order valence-electron chi connectivity index (χ4n) is 4.84. The van der Waals surface area contributed by atoms with Crippen molar-refractivity contribution in [1.82, 2.24) is 19.7 Å². The number of ether oxygens (including phenoxy) is 1. The van der Waals surface area contributed by atoms with E-state index in [4.69, 9.17) is 4.74 Å². The Kier molecular flexibility index (Phi) is 5.88. The summed E-state index contributed by atoms with van der Waals surface area (Å²) in [5.74, 6) is 0.371. The SMILES string of the molecule is Cc1cc(Nc2nn(C3CCCCC3F)c3cc[nH]c(=O)c23)ccc1C(=O)N1CCOCC1. The first-order valence-corrected chi connectivity index (χ1v) is 11.5. The Bertz CT molecular complexity index is 1230. The standard InChI is InChI=1S/C24H28FN5O3/c1-15-14-16(6-7-17(15)24(32)29-10-12-33-13-11-29)27-22-21-20(8-9-26-23(21)31)30(28-22)19-5-3-2-4-18(19)25/h6-9,14,18-19H,2-5,10-13H2,1H3,(H,26,31)(H,27,28). The van der Waals surface area contributed by atoms with Crippen molar-refractivity contribution in [3.63, 3.8) is 0 Å². The van der Waals surface area contributed by atoms with Crippen LogP contribution in [0.4, 0.5) is 15.9 Å². The molecule has 174 valence electrons. The Morgan fingerprint density at radius 3 is 2.76 bits per heavy atom. The summed E-state index contributed by atoms with van der Waals surface area (Å²) in [7, 11) is 0. The van der Waals surface area contributed by atoms with Gasteiger partial charge in [0.15, 0.2) is 5.82 Å². The molecule has 3 heterocycles. The molecule has 9 heteroatoms. The summed E-state index contributed by atoms with van der Waals surface area (Å²) in [6.45, 7) is 4.16. The van der Waals surface area contributed by atoms with E-state index in [1.54, 1.807) is 34.0 Å². The zero-order valence-corrected chi connectivity index (χ0v) is 18.6. The van der Waals surface area contributed by atoms with Crippen molar-refractivity contribution >= 4 is 28.3 Å². The van der Waals surface area contributed by atoms with Crippen LogP contribution in [-0.4, -0.2) is 58.0 Å². The lowest BCUT2D eigenvalue weighted by atomic mass is 9.94. The summed E-state index contributed by atoms with van der Waals surface area (Å²) in [5.41, 5.74) is 2.51. The third-order valence-electron chi connectivity index (χ3n) is 6.61. The monoisotopic (exact) mass is 453 g/mol.